The summed E-state index contributed by atoms with van der Waals surface area (Å²) in [5.74, 6) is -2.50. The third-order valence-electron chi connectivity index (χ3n) is 8.53. The van der Waals surface area contributed by atoms with Crippen LogP contribution >= 0.6 is 0 Å². The molecule has 6 rings (SSSR count). The molecule has 16 nitrogen and oxygen atoms in total. The number of nitrogens with one attached hydrogen (secondary N) is 2. The van der Waals surface area contributed by atoms with E-state index in [4.69, 9.17) is 18.9 Å². The highest BCUT2D eigenvalue weighted by molar-refractivity contribution is 6.09. The van der Waals surface area contributed by atoms with E-state index < -0.39 is 23.8 Å². The molecule has 2 aliphatic heterocycles. The van der Waals surface area contributed by atoms with Gasteiger partial charge in [-0.15, -0.1) is 10.2 Å². The van der Waals surface area contributed by atoms with Gasteiger partial charge in [-0.2, -0.15) is 0 Å². The van der Waals surface area contributed by atoms with Crippen LogP contribution in [0, 0.1) is 10.8 Å². The third-order valence-corrected chi connectivity index (χ3v) is 8.53. The molecule has 0 atom stereocenters. The molecule has 2 saturated heterocycles. The second-order valence-corrected chi connectivity index (χ2v) is 13.4. The quantitative estimate of drug-likeness (QED) is 0.183. The Morgan fingerprint density at radius 1 is 0.667 bits per heavy atom. The number of hydrogen-bond donors (Lipinski definition) is 2. The highest BCUT2D eigenvalue weighted by atomic mass is 16.5. The van der Waals surface area contributed by atoms with Gasteiger partial charge in [0.15, 0.2) is 22.8 Å². The Bertz CT molecular complexity index is 1770. The number of esters is 2. The lowest BCUT2D eigenvalue weighted by atomic mass is 9.89. The van der Waals surface area contributed by atoms with Crippen molar-refractivity contribution in [1.29, 1.82) is 0 Å². The van der Waals surface area contributed by atoms with Gasteiger partial charge < -0.3 is 29.6 Å². The number of hydrogen-bond acceptors (Lipinski definition) is 12. The number of anilines is 2. The summed E-state index contributed by atoms with van der Waals surface area (Å²) in [5, 5.41) is 21.8. The first-order valence-corrected chi connectivity index (χ1v) is 16.7. The number of aromatic nitrogens is 6. The molecule has 4 aromatic rings. The van der Waals surface area contributed by atoms with Gasteiger partial charge in [0.2, 0.25) is 0 Å². The highest BCUT2D eigenvalue weighted by Crippen LogP contribution is 2.30. The molecule has 16 heteroatoms. The number of ether oxygens (including phenoxy) is 4. The van der Waals surface area contributed by atoms with Crippen molar-refractivity contribution >= 4 is 35.1 Å². The van der Waals surface area contributed by atoms with Crippen molar-refractivity contribution in [3.8, 4) is 0 Å². The molecular formula is C35H40N8O8. The zero-order valence-electron chi connectivity index (χ0n) is 28.9. The summed E-state index contributed by atoms with van der Waals surface area (Å²) in [6.45, 7) is 10.5. The standard InChI is InChI=1S/C35H40N8O8/c1-5-50-32(46)28-26(38-40-42(28)16-34(3)18-48-19-34)30(44)36-24-11-7-22(8-12-24)15-23-9-13-25(14-10-23)37-31(45)27-29(33(47)51-6-2)43(41-39-27)17-35(4)20-49-21-35/h7-14H,5-6,15-21H2,1-4H3,(H,36,44)(H,37,45). The summed E-state index contributed by atoms with van der Waals surface area (Å²) in [6, 6.07) is 14.5. The summed E-state index contributed by atoms with van der Waals surface area (Å²) in [5.41, 5.74) is 2.31. The molecule has 2 amide bonds. The van der Waals surface area contributed by atoms with Crippen molar-refractivity contribution in [2.45, 2.75) is 47.2 Å². The van der Waals surface area contributed by atoms with Crippen LogP contribution in [-0.4, -0.2) is 93.4 Å². The fourth-order valence-corrected chi connectivity index (χ4v) is 5.79. The summed E-state index contributed by atoms with van der Waals surface area (Å²) >= 11 is 0. The van der Waals surface area contributed by atoms with Gasteiger partial charge >= 0.3 is 11.9 Å². The van der Waals surface area contributed by atoms with Crippen LogP contribution in [-0.2, 0) is 38.5 Å². The number of amides is 2. The zero-order valence-corrected chi connectivity index (χ0v) is 28.9. The van der Waals surface area contributed by atoms with Crippen LogP contribution in [0.1, 0.15) is 80.8 Å². The first-order valence-electron chi connectivity index (χ1n) is 16.7. The first-order chi connectivity index (χ1) is 24.5. The van der Waals surface area contributed by atoms with Crippen molar-refractivity contribution in [2.24, 2.45) is 10.8 Å². The molecule has 0 spiro atoms. The van der Waals surface area contributed by atoms with E-state index >= 15 is 0 Å². The van der Waals surface area contributed by atoms with Crippen LogP contribution in [0.4, 0.5) is 11.4 Å². The molecule has 0 bridgehead atoms. The maximum absolute atomic E-state index is 13.2. The maximum atomic E-state index is 13.2. The molecular weight excluding hydrogens is 660 g/mol. The van der Waals surface area contributed by atoms with E-state index in [0.29, 0.717) is 57.3 Å². The van der Waals surface area contributed by atoms with E-state index in [9.17, 15) is 19.2 Å². The molecule has 2 N–H and O–H groups in total. The monoisotopic (exact) mass is 700 g/mol. The average molecular weight is 701 g/mol. The molecule has 51 heavy (non-hydrogen) atoms. The van der Waals surface area contributed by atoms with Crippen molar-refractivity contribution in [3.63, 3.8) is 0 Å². The molecule has 2 fully saturated rings. The topological polar surface area (TPSA) is 191 Å². The smallest absolute Gasteiger partial charge is 0.359 e. The Hall–Kier alpha value is -5.48. The van der Waals surface area contributed by atoms with Gasteiger partial charge in [0.1, 0.15) is 0 Å². The molecule has 2 aromatic heterocycles. The Kier molecular flexibility index (Phi) is 10.2. The summed E-state index contributed by atoms with van der Waals surface area (Å²) in [4.78, 5) is 52.0. The van der Waals surface area contributed by atoms with Gasteiger partial charge in [0, 0.05) is 22.2 Å². The minimum Gasteiger partial charge on any atom is -0.461 e. The first kappa shape index (κ1) is 35.3. The largest absolute Gasteiger partial charge is 0.461 e. The molecule has 268 valence electrons. The van der Waals surface area contributed by atoms with Crippen LogP contribution < -0.4 is 10.6 Å². The third kappa shape index (κ3) is 7.97. The minimum absolute atomic E-state index is 0.00148. The molecule has 0 aliphatic carbocycles. The van der Waals surface area contributed by atoms with Crippen molar-refractivity contribution in [2.75, 3.05) is 50.3 Å². The lowest BCUT2D eigenvalue weighted by molar-refractivity contribution is -0.112. The van der Waals surface area contributed by atoms with Crippen LogP contribution in [0.5, 0.6) is 0 Å². The molecule has 2 aromatic carbocycles. The van der Waals surface area contributed by atoms with E-state index in [1.807, 2.05) is 38.1 Å². The molecule has 4 heterocycles. The lowest BCUT2D eigenvalue weighted by Crippen LogP contribution is -2.44. The van der Waals surface area contributed by atoms with E-state index in [1.165, 1.54) is 9.36 Å². The summed E-state index contributed by atoms with van der Waals surface area (Å²) in [7, 11) is 0. The second kappa shape index (κ2) is 14.8. The fraction of sp³-hybridized carbons (Fsp3) is 0.429. The summed E-state index contributed by atoms with van der Waals surface area (Å²) < 4.78 is 23.8. The number of benzene rings is 2. The van der Waals surface area contributed by atoms with Crippen molar-refractivity contribution in [3.05, 3.63) is 82.4 Å². The zero-order chi connectivity index (χ0) is 36.2. The number of rotatable bonds is 14. The number of carbonyl (C=O) groups excluding carboxylic acids is 4. The van der Waals surface area contributed by atoms with Crippen LogP contribution in [0.2, 0.25) is 0 Å². The maximum Gasteiger partial charge on any atom is 0.359 e. The molecule has 0 unspecified atom stereocenters. The molecule has 0 saturated carbocycles. The van der Waals surface area contributed by atoms with Crippen LogP contribution in [0.3, 0.4) is 0 Å². The normalized spacial score (nSPS) is 15.6. The predicted octanol–water partition coefficient (Wildman–Crippen LogP) is 3.39. The summed E-state index contributed by atoms with van der Waals surface area (Å²) in [6.07, 6.45) is 0.579. The fourth-order valence-electron chi connectivity index (χ4n) is 5.79. The Morgan fingerprint density at radius 2 is 1.04 bits per heavy atom. The predicted molar refractivity (Wildman–Crippen MR) is 181 cm³/mol. The van der Waals surface area contributed by atoms with Crippen LogP contribution in [0.25, 0.3) is 0 Å². The molecule has 2 aliphatic rings. The van der Waals surface area contributed by atoms with E-state index in [-0.39, 0.29) is 46.8 Å². The Labute approximate surface area is 293 Å². The Balaban J connectivity index is 1.07. The van der Waals surface area contributed by atoms with E-state index in [1.54, 1.807) is 38.1 Å². The number of nitrogens with zero attached hydrogens (tertiary/aromatic N) is 6. The number of carbonyl (C=O) groups is 4. The highest BCUT2D eigenvalue weighted by Gasteiger charge is 2.38. The van der Waals surface area contributed by atoms with E-state index in [2.05, 4.69) is 31.3 Å². The SMILES string of the molecule is CCOC(=O)c1c(C(=O)Nc2ccc(Cc3ccc(NC(=O)c4nnn(CC5(C)COC5)c4C(=O)OCC)cc3)cc2)nnn1CC1(C)COC1. The average Bonchev–Trinajstić information content (AvgIpc) is 3.70. The lowest BCUT2D eigenvalue weighted by Gasteiger charge is -2.37. The molecule has 0 radical (unpaired) electrons. The Morgan fingerprint density at radius 3 is 1.35 bits per heavy atom. The van der Waals surface area contributed by atoms with Gasteiger partial charge in [-0.1, -0.05) is 48.5 Å². The minimum atomic E-state index is -0.670. The van der Waals surface area contributed by atoms with Gasteiger partial charge in [-0.3, -0.25) is 9.59 Å². The van der Waals surface area contributed by atoms with E-state index in [0.717, 1.165) is 11.1 Å². The van der Waals surface area contributed by atoms with Gasteiger partial charge in [0.25, 0.3) is 11.8 Å². The van der Waals surface area contributed by atoms with Gasteiger partial charge in [-0.25, -0.2) is 19.0 Å². The second-order valence-electron chi connectivity index (χ2n) is 13.4. The van der Waals surface area contributed by atoms with Gasteiger partial charge in [-0.05, 0) is 55.7 Å². The van der Waals surface area contributed by atoms with Crippen LogP contribution in [0.15, 0.2) is 48.5 Å². The van der Waals surface area contributed by atoms with Gasteiger partial charge in [0.05, 0.1) is 52.7 Å². The van der Waals surface area contributed by atoms with Crippen molar-refractivity contribution < 1.29 is 38.1 Å². The van der Waals surface area contributed by atoms with Crippen molar-refractivity contribution in [1.82, 2.24) is 30.0 Å².